The maximum atomic E-state index is 13.7. The van der Waals surface area contributed by atoms with E-state index in [0.717, 1.165) is 12.1 Å². The molecular formula is C15H14ClF2NO. The zero-order chi connectivity index (χ0) is 14.7. The van der Waals surface area contributed by atoms with E-state index in [1.807, 2.05) is 0 Å². The molecule has 0 saturated heterocycles. The van der Waals surface area contributed by atoms with E-state index in [1.54, 1.807) is 25.1 Å². The first-order valence-electron chi connectivity index (χ1n) is 6.06. The standard InChI is InChI=1S/C15H14ClF2NO/c1-9(12-8-11(17)4-5-13(12)18)19-14-7-10(16)3-6-15(14)20-2/h3-9,19H,1-2H3. The molecule has 5 heteroatoms. The first kappa shape index (κ1) is 14.6. The molecule has 2 aromatic carbocycles. The minimum Gasteiger partial charge on any atom is -0.495 e. The Morgan fingerprint density at radius 1 is 1.15 bits per heavy atom. The second kappa shape index (κ2) is 6.09. The second-order valence-corrected chi connectivity index (χ2v) is 4.81. The van der Waals surface area contributed by atoms with Crippen LogP contribution in [0.15, 0.2) is 36.4 Å². The highest BCUT2D eigenvalue weighted by Gasteiger charge is 2.14. The monoisotopic (exact) mass is 297 g/mol. The molecule has 2 rings (SSSR count). The van der Waals surface area contributed by atoms with Crippen molar-refractivity contribution in [3.8, 4) is 5.75 Å². The third kappa shape index (κ3) is 3.20. The van der Waals surface area contributed by atoms with Crippen molar-refractivity contribution in [2.75, 3.05) is 12.4 Å². The van der Waals surface area contributed by atoms with Gasteiger partial charge in [-0.3, -0.25) is 0 Å². The molecule has 0 aromatic heterocycles. The molecule has 0 aliphatic rings. The van der Waals surface area contributed by atoms with Crippen LogP contribution in [-0.2, 0) is 0 Å². The molecule has 20 heavy (non-hydrogen) atoms. The average Bonchev–Trinajstić information content (AvgIpc) is 2.41. The van der Waals surface area contributed by atoms with E-state index in [9.17, 15) is 8.78 Å². The summed E-state index contributed by atoms with van der Waals surface area (Å²) in [6, 6.07) is 8.01. The summed E-state index contributed by atoms with van der Waals surface area (Å²) in [5.74, 6) is -0.362. The molecule has 0 radical (unpaired) electrons. The van der Waals surface area contributed by atoms with Crippen molar-refractivity contribution in [2.24, 2.45) is 0 Å². The molecule has 0 fully saturated rings. The van der Waals surface area contributed by atoms with E-state index >= 15 is 0 Å². The summed E-state index contributed by atoms with van der Waals surface area (Å²) in [7, 11) is 1.53. The highest BCUT2D eigenvalue weighted by molar-refractivity contribution is 6.30. The van der Waals surface area contributed by atoms with Crippen LogP contribution >= 0.6 is 11.6 Å². The van der Waals surface area contributed by atoms with Gasteiger partial charge < -0.3 is 10.1 Å². The molecule has 1 atom stereocenters. The molecule has 0 saturated carbocycles. The number of methoxy groups -OCH3 is 1. The van der Waals surface area contributed by atoms with Crippen LogP contribution < -0.4 is 10.1 Å². The minimum absolute atomic E-state index is 0.243. The zero-order valence-electron chi connectivity index (χ0n) is 11.1. The van der Waals surface area contributed by atoms with Crippen molar-refractivity contribution in [1.29, 1.82) is 0 Å². The van der Waals surface area contributed by atoms with Crippen LogP contribution in [0.1, 0.15) is 18.5 Å². The van der Waals surface area contributed by atoms with Crippen molar-refractivity contribution >= 4 is 17.3 Å². The number of hydrogen-bond acceptors (Lipinski definition) is 2. The van der Waals surface area contributed by atoms with Crippen molar-refractivity contribution in [1.82, 2.24) is 0 Å². The first-order chi connectivity index (χ1) is 9.51. The van der Waals surface area contributed by atoms with Gasteiger partial charge in [0.1, 0.15) is 17.4 Å². The van der Waals surface area contributed by atoms with E-state index in [4.69, 9.17) is 16.3 Å². The van der Waals surface area contributed by atoms with E-state index < -0.39 is 17.7 Å². The molecule has 0 aliphatic heterocycles. The first-order valence-corrected chi connectivity index (χ1v) is 6.44. The van der Waals surface area contributed by atoms with Crippen LogP contribution in [0, 0.1) is 11.6 Å². The van der Waals surface area contributed by atoms with Crippen molar-refractivity contribution < 1.29 is 13.5 Å². The Hall–Kier alpha value is -1.81. The van der Waals surface area contributed by atoms with Crippen LogP contribution in [0.2, 0.25) is 5.02 Å². The zero-order valence-corrected chi connectivity index (χ0v) is 11.8. The second-order valence-electron chi connectivity index (χ2n) is 4.38. The quantitative estimate of drug-likeness (QED) is 0.875. The number of benzene rings is 2. The summed E-state index contributed by atoms with van der Waals surface area (Å²) in [5, 5.41) is 3.60. The van der Waals surface area contributed by atoms with Gasteiger partial charge in [0.05, 0.1) is 18.8 Å². The highest BCUT2D eigenvalue weighted by atomic mass is 35.5. The number of nitrogens with one attached hydrogen (secondary N) is 1. The van der Waals surface area contributed by atoms with Crippen LogP contribution in [0.25, 0.3) is 0 Å². The minimum atomic E-state index is -0.479. The van der Waals surface area contributed by atoms with Crippen molar-refractivity contribution in [3.63, 3.8) is 0 Å². The fraction of sp³-hybridized carbons (Fsp3) is 0.200. The van der Waals surface area contributed by atoms with Gasteiger partial charge in [-0.05, 0) is 43.3 Å². The summed E-state index contributed by atoms with van der Waals surface area (Å²) in [5.41, 5.74) is 0.864. The number of ether oxygens (including phenoxy) is 1. The van der Waals surface area contributed by atoms with Gasteiger partial charge in [-0.2, -0.15) is 0 Å². The molecule has 0 heterocycles. The van der Waals surface area contributed by atoms with Gasteiger partial charge in [0.25, 0.3) is 0 Å². The third-order valence-electron chi connectivity index (χ3n) is 2.96. The maximum absolute atomic E-state index is 13.7. The predicted molar refractivity (Wildman–Crippen MR) is 76.4 cm³/mol. The topological polar surface area (TPSA) is 21.3 Å². The maximum Gasteiger partial charge on any atom is 0.142 e. The van der Waals surface area contributed by atoms with Gasteiger partial charge >= 0.3 is 0 Å². The van der Waals surface area contributed by atoms with Crippen LogP contribution in [0.3, 0.4) is 0 Å². The van der Waals surface area contributed by atoms with Gasteiger partial charge in [-0.15, -0.1) is 0 Å². The van der Waals surface area contributed by atoms with Gasteiger partial charge in [0, 0.05) is 10.6 Å². The summed E-state index contributed by atoms with van der Waals surface area (Å²) in [6.45, 7) is 1.73. The van der Waals surface area contributed by atoms with Gasteiger partial charge in [0.2, 0.25) is 0 Å². The fourth-order valence-electron chi connectivity index (χ4n) is 1.95. The smallest absolute Gasteiger partial charge is 0.142 e. The van der Waals surface area contributed by atoms with Gasteiger partial charge in [-0.1, -0.05) is 11.6 Å². The summed E-state index contributed by atoms with van der Waals surface area (Å²) in [6.07, 6.45) is 0. The Labute approximate surface area is 121 Å². The van der Waals surface area contributed by atoms with Crippen molar-refractivity contribution in [2.45, 2.75) is 13.0 Å². The summed E-state index contributed by atoms with van der Waals surface area (Å²) in [4.78, 5) is 0. The van der Waals surface area contributed by atoms with E-state index in [-0.39, 0.29) is 5.56 Å². The molecule has 106 valence electrons. The van der Waals surface area contributed by atoms with E-state index in [1.165, 1.54) is 13.2 Å². The summed E-state index contributed by atoms with van der Waals surface area (Å²) < 4.78 is 32.1. The SMILES string of the molecule is COc1ccc(Cl)cc1NC(C)c1cc(F)ccc1F. The molecule has 0 amide bonds. The molecule has 2 nitrogen and oxygen atoms in total. The number of rotatable bonds is 4. The van der Waals surface area contributed by atoms with E-state index in [0.29, 0.717) is 16.5 Å². The molecular weight excluding hydrogens is 284 g/mol. The molecule has 0 spiro atoms. The molecule has 0 aliphatic carbocycles. The Bertz CT molecular complexity index is 619. The molecule has 1 N–H and O–H groups in total. The largest absolute Gasteiger partial charge is 0.495 e. The average molecular weight is 298 g/mol. The lowest BCUT2D eigenvalue weighted by molar-refractivity contribution is 0.416. The lowest BCUT2D eigenvalue weighted by Gasteiger charge is -2.18. The van der Waals surface area contributed by atoms with Crippen molar-refractivity contribution in [3.05, 3.63) is 58.6 Å². The Kier molecular flexibility index (Phi) is 4.45. The Balaban J connectivity index is 2.29. The highest BCUT2D eigenvalue weighted by Crippen LogP contribution is 2.31. The number of anilines is 1. The number of hydrogen-bond donors (Lipinski definition) is 1. The lowest BCUT2D eigenvalue weighted by Crippen LogP contribution is -2.10. The van der Waals surface area contributed by atoms with Gasteiger partial charge in [0.15, 0.2) is 0 Å². The normalized spacial score (nSPS) is 12.1. The lowest BCUT2D eigenvalue weighted by atomic mass is 10.1. The summed E-state index contributed by atoms with van der Waals surface area (Å²) >= 11 is 5.93. The Morgan fingerprint density at radius 3 is 2.60 bits per heavy atom. The molecule has 2 aromatic rings. The number of halogens is 3. The van der Waals surface area contributed by atoms with Crippen LogP contribution in [-0.4, -0.2) is 7.11 Å². The Morgan fingerprint density at radius 2 is 1.90 bits per heavy atom. The van der Waals surface area contributed by atoms with Crippen LogP contribution in [0.5, 0.6) is 5.75 Å². The molecule has 0 bridgehead atoms. The fourth-order valence-corrected chi connectivity index (χ4v) is 2.12. The van der Waals surface area contributed by atoms with E-state index in [2.05, 4.69) is 5.32 Å². The predicted octanol–water partition coefficient (Wildman–Crippen LogP) is 4.80. The third-order valence-corrected chi connectivity index (χ3v) is 3.19. The van der Waals surface area contributed by atoms with Gasteiger partial charge in [-0.25, -0.2) is 8.78 Å². The van der Waals surface area contributed by atoms with Crippen LogP contribution in [0.4, 0.5) is 14.5 Å². The molecule has 1 unspecified atom stereocenters.